The zero-order valence-electron chi connectivity index (χ0n) is 15.3. The van der Waals surface area contributed by atoms with Gasteiger partial charge in [0, 0.05) is 11.8 Å². The minimum atomic E-state index is -1.34. The van der Waals surface area contributed by atoms with Crippen molar-refractivity contribution in [2.45, 2.75) is 13.8 Å². The maximum Gasteiger partial charge on any atom is 0.335 e. The third-order valence-electron chi connectivity index (χ3n) is 4.26. The van der Waals surface area contributed by atoms with E-state index in [9.17, 15) is 19.2 Å². The number of hydrogen-bond donors (Lipinski definition) is 2. The van der Waals surface area contributed by atoms with E-state index < -0.39 is 29.7 Å². The summed E-state index contributed by atoms with van der Waals surface area (Å²) < 4.78 is 0. The molecule has 2 N–H and O–H groups in total. The zero-order valence-corrected chi connectivity index (χ0v) is 15.3. The van der Waals surface area contributed by atoms with E-state index in [1.165, 1.54) is 0 Å². The second-order valence-electron chi connectivity index (χ2n) is 6.32. The Bertz CT molecular complexity index is 982. The standard InChI is InChI=1S/C20H18N4O4/c1-12-7-9-14(10-8-12)17(25)23-21-11-15-18(26)22-20(28)24(19(15)27)16-6-4-3-5-13(16)2/h3-11,15H,1-2H3,(H,23,25)(H,22,26,28)/b21-11-/t15-/m1/s1. The summed E-state index contributed by atoms with van der Waals surface area (Å²) in [6, 6.07) is 12.8. The normalized spacial score (nSPS) is 17.0. The summed E-state index contributed by atoms with van der Waals surface area (Å²) >= 11 is 0. The molecule has 0 radical (unpaired) electrons. The highest BCUT2D eigenvalue weighted by Crippen LogP contribution is 2.23. The van der Waals surface area contributed by atoms with Gasteiger partial charge in [0.1, 0.15) is 0 Å². The number of anilines is 1. The molecule has 1 aliphatic heterocycles. The van der Waals surface area contributed by atoms with Gasteiger partial charge in [0.05, 0.1) is 5.69 Å². The summed E-state index contributed by atoms with van der Waals surface area (Å²) in [5, 5.41) is 5.86. The van der Waals surface area contributed by atoms with Crippen LogP contribution in [0.1, 0.15) is 21.5 Å². The highest BCUT2D eigenvalue weighted by molar-refractivity contribution is 6.32. The van der Waals surface area contributed by atoms with Gasteiger partial charge in [0.2, 0.25) is 5.91 Å². The summed E-state index contributed by atoms with van der Waals surface area (Å²) in [6.07, 6.45) is 1.02. The smallest absolute Gasteiger partial charge is 0.276 e. The van der Waals surface area contributed by atoms with E-state index in [1.54, 1.807) is 55.5 Å². The molecule has 1 saturated heterocycles. The number of imide groups is 2. The van der Waals surface area contributed by atoms with Gasteiger partial charge in [-0.15, -0.1) is 0 Å². The van der Waals surface area contributed by atoms with Crippen LogP contribution in [0.5, 0.6) is 0 Å². The van der Waals surface area contributed by atoms with E-state index in [1.807, 2.05) is 6.92 Å². The van der Waals surface area contributed by atoms with Crippen molar-refractivity contribution in [2.75, 3.05) is 4.90 Å². The van der Waals surface area contributed by atoms with E-state index in [4.69, 9.17) is 0 Å². The molecule has 1 aliphatic rings. The number of barbiturate groups is 1. The Morgan fingerprint density at radius 1 is 1.07 bits per heavy atom. The van der Waals surface area contributed by atoms with E-state index in [-0.39, 0.29) is 0 Å². The molecule has 0 bridgehead atoms. The second-order valence-corrected chi connectivity index (χ2v) is 6.32. The summed E-state index contributed by atoms with van der Waals surface area (Å²) in [5.41, 5.74) is 4.74. The molecule has 2 aromatic rings. The molecule has 28 heavy (non-hydrogen) atoms. The van der Waals surface area contributed by atoms with E-state index in [2.05, 4.69) is 15.8 Å². The third kappa shape index (κ3) is 3.80. The maximum atomic E-state index is 12.7. The molecular formula is C20H18N4O4. The van der Waals surface area contributed by atoms with Crippen molar-refractivity contribution in [3.8, 4) is 0 Å². The molecule has 3 rings (SSSR count). The molecule has 1 fully saturated rings. The lowest BCUT2D eigenvalue weighted by Gasteiger charge is -2.29. The summed E-state index contributed by atoms with van der Waals surface area (Å²) in [7, 11) is 0. The number of rotatable bonds is 4. The van der Waals surface area contributed by atoms with Gasteiger partial charge < -0.3 is 0 Å². The number of nitrogens with zero attached hydrogens (tertiary/aromatic N) is 2. The van der Waals surface area contributed by atoms with Gasteiger partial charge in [-0.25, -0.2) is 15.1 Å². The summed E-state index contributed by atoms with van der Waals surface area (Å²) in [4.78, 5) is 49.9. The Labute approximate surface area is 161 Å². The van der Waals surface area contributed by atoms with Gasteiger partial charge in [0.15, 0.2) is 5.92 Å². The van der Waals surface area contributed by atoms with E-state index in [0.717, 1.165) is 16.7 Å². The SMILES string of the molecule is Cc1ccc(C(=O)N/N=C\[C@@H]2C(=O)NC(=O)N(c3ccccc3C)C2=O)cc1. The summed E-state index contributed by atoms with van der Waals surface area (Å²) in [6.45, 7) is 3.64. The van der Waals surface area contributed by atoms with Crippen LogP contribution < -0.4 is 15.6 Å². The number of amides is 5. The van der Waals surface area contributed by atoms with Crippen molar-refractivity contribution in [1.29, 1.82) is 0 Å². The molecule has 0 spiro atoms. The first-order chi connectivity index (χ1) is 13.4. The Balaban J connectivity index is 1.76. The van der Waals surface area contributed by atoms with Crippen LogP contribution in [-0.4, -0.2) is 30.0 Å². The van der Waals surface area contributed by atoms with Crippen molar-refractivity contribution in [2.24, 2.45) is 11.0 Å². The molecule has 142 valence electrons. The van der Waals surface area contributed by atoms with Crippen LogP contribution in [0.3, 0.4) is 0 Å². The number of aryl methyl sites for hydroxylation is 2. The number of hydrogen-bond acceptors (Lipinski definition) is 5. The zero-order chi connectivity index (χ0) is 20.3. The Kier molecular flexibility index (Phi) is 5.30. The molecule has 0 aromatic heterocycles. The van der Waals surface area contributed by atoms with Crippen LogP contribution in [0, 0.1) is 19.8 Å². The third-order valence-corrected chi connectivity index (χ3v) is 4.26. The molecule has 5 amide bonds. The summed E-state index contributed by atoms with van der Waals surface area (Å²) in [5.74, 6) is -3.35. The van der Waals surface area contributed by atoms with Crippen LogP contribution in [0.4, 0.5) is 10.5 Å². The first kappa shape index (κ1) is 19.0. The van der Waals surface area contributed by atoms with Crippen LogP contribution in [0.25, 0.3) is 0 Å². The average molecular weight is 378 g/mol. The van der Waals surface area contributed by atoms with Crippen molar-refractivity contribution in [3.05, 3.63) is 65.2 Å². The van der Waals surface area contributed by atoms with E-state index in [0.29, 0.717) is 16.8 Å². The predicted octanol–water partition coefficient (Wildman–Crippen LogP) is 1.92. The van der Waals surface area contributed by atoms with Crippen LogP contribution in [-0.2, 0) is 9.59 Å². The highest BCUT2D eigenvalue weighted by atomic mass is 16.2. The molecule has 8 heteroatoms. The lowest BCUT2D eigenvalue weighted by molar-refractivity contribution is -0.131. The van der Waals surface area contributed by atoms with Crippen LogP contribution >= 0.6 is 0 Å². The van der Waals surface area contributed by atoms with Gasteiger partial charge in [-0.2, -0.15) is 5.10 Å². The number of hydrazone groups is 1. The average Bonchev–Trinajstić information content (AvgIpc) is 2.66. The fourth-order valence-corrected chi connectivity index (χ4v) is 2.70. The Morgan fingerprint density at radius 2 is 1.75 bits per heavy atom. The first-order valence-electron chi connectivity index (χ1n) is 8.53. The number of para-hydroxylation sites is 1. The van der Waals surface area contributed by atoms with Gasteiger partial charge in [0.25, 0.3) is 11.8 Å². The van der Waals surface area contributed by atoms with Crippen LogP contribution in [0.2, 0.25) is 0 Å². The number of benzene rings is 2. The van der Waals surface area contributed by atoms with Gasteiger partial charge in [-0.05, 0) is 37.6 Å². The minimum absolute atomic E-state index is 0.375. The topological polar surface area (TPSA) is 108 Å². The molecule has 0 aliphatic carbocycles. The molecular weight excluding hydrogens is 360 g/mol. The van der Waals surface area contributed by atoms with Crippen molar-refractivity contribution in [1.82, 2.24) is 10.7 Å². The predicted molar refractivity (Wildman–Crippen MR) is 103 cm³/mol. The lowest BCUT2D eigenvalue weighted by Crippen LogP contribution is -2.59. The fraction of sp³-hybridized carbons (Fsp3) is 0.150. The van der Waals surface area contributed by atoms with Crippen molar-refractivity contribution in [3.63, 3.8) is 0 Å². The Hall–Kier alpha value is -3.81. The number of urea groups is 1. The number of nitrogens with one attached hydrogen (secondary N) is 2. The molecule has 2 aromatic carbocycles. The molecule has 1 heterocycles. The van der Waals surface area contributed by atoms with E-state index >= 15 is 0 Å². The number of carbonyl (C=O) groups excluding carboxylic acids is 4. The number of carbonyl (C=O) groups is 4. The largest absolute Gasteiger partial charge is 0.335 e. The van der Waals surface area contributed by atoms with Gasteiger partial charge in [-0.3, -0.25) is 19.7 Å². The highest BCUT2D eigenvalue weighted by Gasteiger charge is 2.40. The first-order valence-corrected chi connectivity index (χ1v) is 8.53. The lowest BCUT2D eigenvalue weighted by atomic mass is 10.0. The van der Waals surface area contributed by atoms with Crippen molar-refractivity contribution >= 4 is 35.7 Å². The monoisotopic (exact) mass is 378 g/mol. The van der Waals surface area contributed by atoms with Crippen molar-refractivity contribution < 1.29 is 19.2 Å². The molecule has 1 atom stereocenters. The molecule has 8 nitrogen and oxygen atoms in total. The second kappa shape index (κ2) is 7.83. The minimum Gasteiger partial charge on any atom is -0.276 e. The van der Waals surface area contributed by atoms with Gasteiger partial charge >= 0.3 is 6.03 Å². The molecule has 0 unspecified atom stereocenters. The molecule has 0 saturated carbocycles. The van der Waals surface area contributed by atoms with Gasteiger partial charge in [-0.1, -0.05) is 35.9 Å². The fourth-order valence-electron chi connectivity index (χ4n) is 2.70. The quantitative estimate of drug-likeness (QED) is 0.481. The maximum absolute atomic E-state index is 12.7. The Morgan fingerprint density at radius 3 is 2.43 bits per heavy atom. The van der Waals surface area contributed by atoms with Crippen LogP contribution in [0.15, 0.2) is 53.6 Å².